The van der Waals surface area contributed by atoms with E-state index in [1.54, 1.807) is 19.1 Å². The van der Waals surface area contributed by atoms with E-state index in [0.717, 1.165) is 0 Å². The van der Waals surface area contributed by atoms with Crippen LogP contribution >= 0.6 is 0 Å². The average Bonchev–Trinajstić information content (AvgIpc) is 2.58. The van der Waals surface area contributed by atoms with E-state index >= 15 is 0 Å². The summed E-state index contributed by atoms with van der Waals surface area (Å²) in [4.78, 5) is 47.9. The molecule has 0 bridgehead atoms. The maximum atomic E-state index is 12.9. The third kappa shape index (κ3) is 4.41. The normalized spacial score (nSPS) is 11.3. The number of likely N-dealkylation sites (N-methyl/N-ethyl adjacent to an activating group) is 1. The minimum Gasteiger partial charge on any atom is -0.493 e. The predicted molar refractivity (Wildman–Crippen MR) is 88.0 cm³/mol. The van der Waals surface area contributed by atoms with Gasteiger partial charge in [-0.25, -0.2) is 0 Å². The smallest absolute Gasteiger partial charge is 0.258 e. The van der Waals surface area contributed by atoms with Gasteiger partial charge < -0.3 is 9.64 Å². The second-order valence-corrected chi connectivity index (χ2v) is 5.12. The first-order valence-electron chi connectivity index (χ1n) is 7.73. The maximum Gasteiger partial charge on any atom is 0.258 e. The van der Waals surface area contributed by atoms with Crippen molar-refractivity contribution in [2.75, 3.05) is 13.7 Å². The first kappa shape index (κ1) is 19.3. The number of amides is 3. The average molecular weight is 334 g/mol. The summed E-state index contributed by atoms with van der Waals surface area (Å²) in [5, 5.41) is 2.07. The number of nitrogens with zero attached hydrogens (tertiary/aromatic N) is 1. The molecule has 0 aliphatic carbocycles. The topological polar surface area (TPSA) is 92.8 Å². The van der Waals surface area contributed by atoms with E-state index in [2.05, 4.69) is 5.32 Å². The molecule has 0 radical (unpaired) electrons. The van der Waals surface area contributed by atoms with Gasteiger partial charge in [0.15, 0.2) is 6.29 Å². The van der Waals surface area contributed by atoms with Gasteiger partial charge >= 0.3 is 0 Å². The summed E-state index contributed by atoms with van der Waals surface area (Å²) >= 11 is 0. The molecule has 24 heavy (non-hydrogen) atoms. The van der Waals surface area contributed by atoms with E-state index in [1.807, 2.05) is 6.92 Å². The zero-order chi connectivity index (χ0) is 18.1. The van der Waals surface area contributed by atoms with Gasteiger partial charge in [0.05, 0.1) is 12.2 Å². The van der Waals surface area contributed by atoms with Crippen LogP contribution < -0.4 is 10.1 Å². The molecule has 0 saturated carbocycles. The molecule has 7 nitrogen and oxygen atoms in total. The standard InChI is InChI=1S/C17H22N2O5/c1-4-7-13(16(22)18-11-21)19(3)17(23)15-12(10-20)8-6-9-14(15)24-5-2/h6,8-11,13H,4-5,7H2,1-3H3,(H,18,21,22). The Kier molecular flexibility index (Phi) is 7.61. The third-order valence-corrected chi connectivity index (χ3v) is 3.55. The predicted octanol–water partition coefficient (Wildman–Crippen LogP) is 1.41. The van der Waals surface area contributed by atoms with Gasteiger partial charge in [0.2, 0.25) is 12.3 Å². The Morgan fingerprint density at radius 3 is 2.54 bits per heavy atom. The summed E-state index contributed by atoms with van der Waals surface area (Å²) in [7, 11) is 1.46. The second kappa shape index (κ2) is 9.44. The van der Waals surface area contributed by atoms with Crippen molar-refractivity contribution in [1.29, 1.82) is 0 Å². The van der Waals surface area contributed by atoms with Gasteiger partial charge in [0, 0.05) is 12.6 Å². The summed E-state index contributed by atoms with van der Waals surface area (Å²) < 4.78 is 5.44. The number of ether oxygens (including phenoxy) is 1. The van der Waals surface area contributed by atoms with Crippen LogP contribution in [0.5, 0.6) is 5.75 Å². The zero-order valence-corrected chi connectivity index (χ0v) is 14.1. The highest BCUT2D eigenvalue weighted by atomic mass is 16.5. The number of carbonyl (C=O) groups is 4. The molecular formula is C17H22N2O5. The van der Waals surface area contributed by atoms with Crippen LogP contribution in [0.1, 0.15) is 47.4 Å². The van der Waals surface area contributed by atoms with Gasteiger partial charge in [-0.3, -0.25) is 24.5 Å². The van der Waals surface area contributed by atoms with E-state index in [9.17, 15) is 19.2 Å². The monoisotopic (exact) mass is 334 g/mol. The van der Waals surface area contributed by atoms with Gasteiger partial charge in [-0.15, -0.1) is 0 Å². The Labute approximate surface area is 141 Å². The number of nitrogens with one attached hydrogen (secondary N) is 1. The fraction of sp³-hybridized carbons (Fsp3) is 0.412. The van der Waals surface area contributed by atoms with E-state index in [-0.39, 0.29) is 23.3 Å². The van der Waals surface area contributed by atoms with E-state index in [1.165, 1.54) is 18.0 Å². The van der Waals surface area contributed by atoms with Crippen molar-refractivity contribution in [3.63, 3.8) is 0 Å². The minimum absolute atomic E-state index is 0.108. The van der Waals surface area contributed by atoms with Crippen molar-refractivity contribution in [3.05, 3.63) is 29.3 Å². The molecule has 0 saturated heterocycles. The Morgan fingerprint density at radius 2 is 2.00 bits per heavy atom. The number of benzene rings is 1. The Morgan fingerprint density at radius 1 is 1.29 bits per heavy atom. The molecule has 0 aliphatic heterocycles. The number of hydrogen-bond donors (Lipinski definition) is 1. The zero-order valence-electron chi connectivity index (χ0n) is 14.1. The summed E-state index contributed by atoms with van der Waals surface area (Å²) in [5.74, 6) is -0.796. The molecule has 7 heteroatoms. The highest BCUT2D eigenvalue weighted by Gasteiger charge is 2.29. The van der Waals surface area contributed by atoms with Crippen LogP contribution in [-0.4, -0.2) is 49.1 Å². The third-order valence-electron chi connectivity index (χ3n) is 3.55. The molecular weight excluding hydrogens is 312 g/mol. The lowest BCUT2D eigenvalue weighted by Crippen LogP contribution is -2.47. The second-order valence-electron chi connectivity index (χ2n) is 5.12. The largest absolute Gasteiger partial charge is 0.493 e. The van der Waals surface area contributed by atoms with Gasteiger partial charge in [-0.2, -0.15) is 0 Å². The number of carbonyl (C=O) groups excluding carboxylic acids is 4. The molecule has 1 unspecified atom stereocenters. The van der Waals surface area contributed by atoms with Gasteiger partial charge in [0.1, 0.15) is 11.8 Å². The molecule has 1 rings (SSSR count). The van der Waals surface area contributed by atoms with Crippen LogP contribution in [0.2, 0.25) is 0 Å². The van der Waals surface area contributed by atoms with Crippen LogP contribution in [0.3, 0.4) is 0 Å². The van der Waals surface area contributed by atoms with Gasteiger partial charge in [-0.1, -0.05) is 25.5 Å². The lowest BCUT2D eigenvalue weighted by molar-refractivity contribution is -0.128. The van der Waals surface area contributed by atoms with Crippen molar-refractivity contribution in [1.82, 2.24) is 10.2 Å². The summed E-state index contributed by atoms with van der Waals surface area (Å²) in [5.41, 5.74) is 0.292. The van der Waals surface area contributed by atoms with E-state index < -0.39 is 17.9 Å². The lowest BCUT2D eigenvalue weighted by Gasteiger charge is -2.27. The molecule has 0 aromatic heterocycles. The van der Waals surface area contributed by atoms with Crippen LogP contribution in [-0.2, 0) is 9.59 Å². The molecule has 1 aromatic carbocycles. The summed E-state index contributed by atoms with van der Waals surface area (Å²) in [6, 6.07) is 3.91. The van der Waals surface area contributed by atoms with Crippen LogP contribution in [0.4, 0.5) is 0 Å². The van der Waals surface area contributed by atoms with E-state index in [4.69, 9.17) is 4.74 Å². The lowest BCUT2D eigenvalue weighted by atomic mass is 10.0. The highest BCUT2D eigenvalue weighted by Crippen LogP contribution is 2.24. The van der Waals surface area contributed by atoms with Crippen LogP contribution in [0.15, 0.2) is 18.2 Å². The Bertz CT molecular complexity index is 615. The first-order chi connectivity index (χ1) is 11.5. The molecule has 0 spiro atoms. The van der Waals surface area contributed by atoms with Crippen LogP contribution in [0, 0.1) is 0 Å². The van der Waals surface area contributed by atoms with Crippen molar-refractivity contribution in [2.45, 2.75) is 32.7 Å². The molecule has 0 heterocycles. The molecule has 0 aliphatic rings. The van der Waals surface area contributed by atoms with Gasteiger partial charge in [-0.05, 0) is 19.4 Å². The molecule has 130 valence electrons. The maximum absolute atomic E-state index is 12.9. The Balaban J connectivity index is 3.25. The molecule has 1 N–H and O–H groups in total. The first-order valence-corrected chi connectivity index (χ1v) is 7.73. The molecule has 0 fully saturated rings. The number of aldehydes is 1. The number of imide groups is 1. The molecule has 3 amide bonds. The van der Waals surface area contributed by atoms with Crippen molar-refractivity contribution in [2.24, 2.45) is 0 Å². The van der Waals surface area contributed by atoms with Gasteiger partial charge in [0.25, 0.3) is 5.91 Å². The summed E-state index contributed by atoms with van der Waals surface area (Å²) in [6.07, 6.45) is 1.88. The van der Waals surface area contributed by atoms with E-state index in [0.29, 0.717) is 25.7 Å². The highest BCUT2D eigenvalue weighted by molar-refractivity contribution is 6.05. The molecule has 1 aromatic rings. The van der Waals surface area contributed by atoms with Crippen molar-refractivity contribution >= 4 is 24.5 Å². The SMILES string of the molecule is CCCC(C(=O)NC=O)N(C)C(=O)c1c(C=O)cccc1OCC. The number of rotatable bonds is 9. The Hall–Kier alpha value is -2.70. The van der Waals surface area contributed by atoms with Crippen molar-refractivity contribution in [3.8, 4) is 5.75 Å². The van der Waals surface area contributed by atoms with Crippen LogP contribution in [0.25, 0.3) is 0 Å². The quantitative estimate of drug-likeness (QED) is 0.689. The summed E-state index contributed by atoms with van der Waals surface area (Å²) in [6.45, 7) is 3.96. The molecule has 1 atom stereocenters. The fourth-order valence-electron chi connectivity index (χ4n) is 2.40. The van der Waals surface area contributed by atoms with Crippen molar-refractivity contribution < 1.29 is 23.9 Å². The fourth-order valence-corrected chi connectivity index (χ4v) is 2.40. The minimum atomic E-state index is -0.818. The number of hydrogen-bond acceptors (Lipinski definition) is 5.